The van der Waals surface area contributed by atoms with Crippen molar-refractivity contribution in [2.45, 2.75) is 44.8 Å². The lowest BCUT2D eigenvalue weighted by molar-refractivity contribution is -0.131. The van der Waals surface area contributed by atoms with E-state index in [4.69, 9.17) is 10.5 Å². The van der Waals surface area contributed by atoms with Gasteiger partial charge in [0.25, 0.3) is 0 Å². The third kappa shape index (κ3) is 5.75. The molecule has 2 aliphatic heterocycles. The van der Waals surface area contributed by atoms with Crippen LogP contribution in [0.2, 0.25) is 0 Å². The summed E-state index contributed by atoms with van der Waals surface area (Å²) in [6, 6.07) is 11.5. The fourth-order valence-electron chi connectivity index (χ4n) is 4.59. The molecule has 2 fully saturated rings. The highest BCUT2D eigenvalue weighted by atomic mass is 16.5. The number of likely N-dealkylation sites (tertiary alicyclic amines) is 1. The first-order chi connectivity index (χ1) is 14.8. The molecule has 2 saturated heterocycles. The SMILES string of the molecule is CC(C)CC(C(=O)NC1(C#N)CCN(Cc2ccccc2)C1)C1COCCN1C(N)=O. The van der Waals surface area contributed by atoms with Crippen LogP contribution >= 0.6 is 0 Å². The number of urea groups is 1. The van der Waals surface area contributed by atoms with Gasteiger partial charge in [0.2, 0.25) is 5.91 Å². The molecule has 2 aliphatic rings. The molecule has 8 heteroatoms. The Hall–Kier alpha value is -2.63. The molecule has 3 N–H and O–H groups in total. The predicted molar refractivity (Wildman–Crippen MR) is 117 cm³/mol. The fraction of sp³-hybridized carbons (Fsp3) is 0.609. The molecule has 1 aromatic carbocycles. The van der Waals surface area contributed by atoms with Crippen LogP contribution in [0.25, 0.3) is 0 Å². The van der Waals surface area contributed by atoms with E-state index in [-0.39, 0.29) is 18.4 Å². The molecule has 8 nitrogen and oxygen atoms in total. The van der Waals surface area contributed by atoms with Gasteiger partial charge in [-0.2, -0.15) is 5.26 Å². The summed E-state index contributed by atoms with van der Waals surface area (Å²) in [7, 11) is 0. The number of nitrogens with zero attached hydrogens (tertiary/aromatic N) is 3. The van der Waals surface area contributed by atoms with Crippen molar-refractivity contribution in [3.8, 4) is 6.07 Å². The van der Waals surface area contributed by atoms with Gasteiger partial charge in [-0.15, -0.1) is 0 Å². The van der Waals surface area contributed by atoms with Crippen LogP contribution in [0, 0.1) is 23.2 Å². The zero-order valence-corrected chi connectivity index (χ0v) is 18.4. The minimum absolute atomic E-state index is 0.210. The van der Waals surface area contributed by atoms with Gasteiger partial charge in [-0.05, 0) is 24.3 Å². The molecule has 0 aromatic heterocycles. The van der Waals surface area contributed by atoms with E-state index < -0.39 is 23.5 Å². The summed E-state index contributed by atoms with van der Waals surface area (Å²) in [5, 5.41) is 13.0. The number of nitriles is 1. The number of carbonyl (C=O) groups excluding carboxylic acids is 2. The largest absolute Gasteiger partial charge is 0.377 e. The smallest absolute Gasteiger partial charge is 0.315 e. The van der Waals surface area contributed by atoms with Crippen LogP contribution in [0.4, 0.5) is 4.79 Å². The number of hydrogen-bond acceptors (Lipinski definition) is 5. The minimum Gasteiger partial charge on any atom is -0.377 e. The fourth-order valence-corrected chi connectivity index (χ4v) is 4.59. The molecule has 0 spiro atoms. The second kappa shape index (κ2) is 10.1. The Balaban J connectivity index is 1.72. The van der Waals surface area contributed by atoms with E-state index in [1.54, 1.807) is 0 Å². The van der Waals surface area contributed by atoms with Gasteiger partial charge < -0.3 is 20.7 Å². The molecule has 3 unspecified atom stereocenters. The molecule has 0 saturated carbocycles. The lowest BCUT2D eigenvalue weighted by Crippen LogP contribution is -2.59. The molecule has 3 atom stereocenters. The van der Waals surface area contributed by atoms with Crippen molar-refractivity contribution in [3.63, 3.8) is 0 Å². The quantitative estimate of drug-likeness (QED) is 0.688. The van der Waals surface area contributed by atoms with Crippen molar-refractivity contribution in [1.29, 1.82) is 5.26 Å². The average molecular weight is 428 g/mol. The van der Waals surface area contributed by atoms with Gasteiger partial charge in [-0.3, -0.25) is 9.69 Å². The average Bonchev–Trinajstić information content (AvgIpc) is 3.15. The summed E-state index contributed by atoms with van der Waals surface area (Å²) in [5.41, 5.74) is 5.82. The predicted octanol–water partition coefficient (Wildman–Crippen LogP) is 1.71. The van der Waals surface area contributed by atoms with E-state index in [2.05, 4.69) is 28.4 Å². The zero-order valence-electron chi connectivity index (χ0n) is 18.4. The van der Waals surface area contributed by atoms with Crippen LogP contribution in [0.15, 0.2) is 30.3 Å². The minimum atomic E-state index is -0.936. The Kier molecular flexibility index (Phi) is 7.52. The van der Waals surface area contributed by atoms with Gasteiger partial charge in [-0.25, -0.2) is 4.79 Å². The number of nitrogens with two attached hydrogens (primary N) is 1. The molecule has 0 aliphatic carbocycles. The standard InChI is InChI=1S/C23H33N5O3/c1-17(2)12-19(20-14-31-11-10-28(20)22(25)30)21(29)26-23(15-24)8-9-27(16-23)13-18-6-4-3-5-7-18/h3-7,17,19-20H,8-14,16H2,1-2H3,(H2,25,30)(H,26,29). The van der Waals surface area contributed by atoms with E-state index in [9.17, 15) is 14.9 Å². The monoisotopic (exact) mass is 427 g/mol. The van der Waals surface area contributed by atoms with Gasteiger partial charge >= 0.3 is 6.03 Å². The van der Waals surface area contributed by atoms with E-state index in [1.807, 2.05) is 32.0 Å². The normalized spacial score (nSPS) is 25.2. The molecular weight excluding hydrogens is 394 g/mol. The third-order valence-corrected chi connectivity index (χ3v) is 6.15. The van der Waals surface area contributed by atoms with Crippen molar-refractivity contribution in [2.24, 2.45) is 17.6 Å². The molecule has 31 heavy (non-hydrogen) atoms. The molecular formula is C23H33N5O3. The molecule has 2 heterocycles. The highest BCUT2D eigenvalue weighted by molar-refractivity contribution is 5.82. The second-order valence-electron chi connectivity index (χ2n) is 9.04. The number of hydrogen-bond donors (Lipinski definition) is 2. The number of morpholine rings is 1. The molecule has 3 rings (SSSR count). The van der Waals surface area contributed by atoms with Crippen LogP contribution in [0.5, 0.6) is 0 Å². The molecule has 168 valence electrons. The zero-order chi connectivity index (χ0) is 22.4. The van der Waals surface area contributed by atoms with E-state index in [0.29, 0.717) is 32.5 Å². The number of nitrogens with one attached hydrogen (secondary N) is 1. The summed E-state index contributed by atoms with van der Waals surface area (Å²) in [5.74, 6) is -0.455. The van der Waals surface area contributed by atoms with Gasteiger partial charge in [-0.1, -0.05) is 44.2 Å². The Morgan fingerprint density at radius 1 is 1.32 bits per heavy atom. The Bertz CT molecular complexity index is 809. The van der Waals surface area contributed by atoms with Crippen LogP contribution in [-0.2, 0) is 16.1 Å². The third-order valence-electron chi connectivity index (χ3n) is 6.15. The Labute approximate surface area is 184 Å². The molecule has 0 radical (unpaired) electrons. The number of rotatable bonds is 7. The number of primary amides is 1. The van der Waals surface area contributed by atoms with Gasteiger partial charge in [0, 0.05) is 26.2 Å². The van der Waals surface area contributed by atoms with Crippen LogP contribution in [-0.4, -0.2) is 66.2 Å². The highest BCUT2D eigenvalue weighted by Gasteiger charge is 2.44. The number of ether oxygens (including phenoxy) is 1. The lowest BCUT2D eigenvalue weighted by atomic mass is 9.87. The van der Waals surface area contributed by atoms with Crippen LogP contribution in [0.3, 0.4) is 0 Å². The first kappa shape index (κ1) is 23.0. The maximum atomic E-state index is 13.4. The number of carbonyl (C=O) groups is 2. The van der Waals surface area contributed by atoms with Gasteiger partial charge in [0.15, 0.2) is 0 Å². The first-order valence-corrected chi connectivity index (χ1v) is 11.0. The second-order valence-corrected chi connectivity index (χ2v) is 9.04. The number of benzene rings is 1. The first-order valence-electron chi connectivity index (χ1n) is 11.0. The van der Waals surface area contributed by atoms with Crippen molar-refractivity contribution in [1.82, 2.24) is 15.1 Å². The van der Waals surface area contributed by atoms with Crippen molar-refractivity contribution < 1.29 is 14.3 Å². The summed E-state index contributed by atoms with van der Waals surface area (Å²) < 4.78 is 5.58. The summed E-state index contributed by atoms with van der Waals surface area (Å²) in [6.45, 7) is 7.07. The van der Waals surface area contributed by atoms with Crippen molar-refractivity contribution >= 4 is 11.9 Å². The van der Waals surface area contributed by atoms with Crippen LogP contribution in [0.1, 0.15) is 32.3 Å². The van der Waals surface area contributed by atoms with Gasteiger partial charge in [0.1, 0.15) is 5.54 Å². The molecule has 3 amide bonds. The maximum absolute atomic E-state index is 13.4. The molecule has 0 bridgehead atoms. The van der Waals surface area contributed by atoms with Gasteiger partial charge in [0.05, 0.1) is 31.2 Å². The van der Waals surface area contributed by atoms with E-state index >= 15 is 0 Å². The highest BCUT2D eigenvalue weighted by Crippen LogP contribution is 2.27. The van der Waals surface area contributed by atoms with Crippen molar-refractivity contribution in [3.05, 3.63) is 35.9 Å². The van der Waals surface area contributed by atoms with Crippen LogP contribution < -0.4 is 11.1 Å². The van der Waals surface area contributed by atoms with Crippen molar-refractivity contribution in [2.75, 3.05) is 32.8 Å². The number of amides is 3. The summed E-state index contributed by atoms with van der Waals surface area (Å²) >= 11 is 0. The topological polar surface area (TPSA) is 112 Å². The maximum Gasteiger partial charge on any atom is 0.315 e. The van der Waals surface area contributed by atoms with E-state index in [0.717, 1.165) is 13.1 Å². The Morgan fingerprint density at radius 2 is 2.06 bits per heavy atom. The molecule has 1 aromatic rings. The summed E-state index contributed by atoms with van der Waals surface area (Å²) in [4.78, 5) is 29.1. The Morgan fingerprint density at radius 3 is 2.71 bits per heavy atom. The van der Waals surface area contributed by atoms with E-state index in [1.165, 1.54) is 10.5 Å². The lowest BCUT2D eigenvalue weighted by Gasteiger charge is -2.40. The summed E-state index contributed by atoms with van der Waals surface area (Å²) in [6.07, 6.45) is 1.15.